The average molecular weight is 1450 g/mol. The first-order valence-electron chi connectivity index (χ1n) is 41.3. The highest BCUT2D eigenvalue weighted by molar-refractivity contribution is 7.47. The minimum Gasteiger partial charge on any atom is -0.462 e. The van der Waals surface area contributed by atoms with E-state index in [4.69, 9.17) is 37.0 Å². The quantitative estimate of drug-likeness (QED) is 0.0222. The van der Waals surface area contributed by atoms with E-state index in [-0.39, 0.29) is 25.7 Å². The molecule has 0 aromatic carbocycles. The Morgan fingerprint density at radius 2 is 0.465 bits per heavy atom. The number of carbonyl (C=O) groups is 4. The maximum absolute atomic E-state index is 13.1. The van der Waals surface area contributed by atoms with Crippen LogP contribution in [0.25, 0.3) is 0 Å². The summed E-state index contributed by atoms with van der Waals surface area (Å²) in [4.78, 5) is 73.0. The Kier molecular flexibility index (Phi) is 69.0. The number of aliphatic hydroxyl groups is 1. The summed E-state index contributed by atoms with van der Waals surface area (Å²) in [5, 5.41) is 10.6. The van der Waals surface area contributed by atoms with Crippen LogP contribution in [-0.2, 0) is 65.4 Å². The summed E-state index contributed by atoms with van der Waals surface area (Å²) < 4.78 is 68.7. The lowest BCUT2D eigenvalue weighted by Gasteiger charge is -2.21. The maximum atomic E-state index is 13.1. The molecule has 0 saturated heterocycles. The average Bonchev–Trinajstić information content (AvgIpc) is 1.10. The molecule has 0 heterocycles. The van der Waals surface area contributed by atoms with Gasteiger partial charge in [-0.25, -0.2) is 9.13 Å². The number of hydrogen-bond acceptors (Lipinski definition) is 15. The van der Waals surface area contributed by atoms with Crippen LogP contribution < -0.4 is 0 Å². The minimum atomic E-state index is -4.96. The molecule has 19 heteroatoms. The van der Waals surface area contributed by atoms with Crippen LogP contribution in [0.4, 0.5) is 0 Å². The summed E-state index contributed by atoms with van der Waals surface area (Å²) in [5.41, 5.74) is 0. The predicted octanol–water partition coefficient (Wildman–Crippen LogP) is 23.7. The van der Waals surface area contributed by atoms with Crippen molar-refractivity contribution in [2.45, 2.75) is 433 Å². The number of phosphoric ester groups is 2. The van der Waals surface area contributed by atoms with Crippen LogP contribution in [0, 0.1) is 17.8 Å². The van der Waals surface area contributed by atoms with Gasteiger partial charge in [0, 0.05) is 25.7 Å². The van der Waals surface area contributed by atoms with E-state index in [2.05, 4.69) is 48.5 Å². The maximum Gasteiger partial charge on any atom is 0.472 e. The fourth-order valence-electron chi connectivity index (χ4n) is 12.3. The van der Waals surface area contributed by atoms with Gasteiger partial charge in [0.1, 0.15) is 19.3 Å². The van der Waals surface area contributed by atoms with Crippen molar-refractivity contribution in [1.82, 2.24) is 0 Å². The molecule has 588 valence electrons. The lowest BCUT2D eigenvalue weighted by atomic mass is 10.0. The van der Waals surface area contributed by atoms with Crippen molar-refractivity contribution in [2.75, 3.05) is 39.6 Å². The van der Waals surface area contributed by atoms with E-state index >= 15 is 0 Å². The Bertz CT molecular complexity index is 1920. The van der Waals surface area contributed by atoms with E-state index in [1.54, 1.807) is 0 Å². The zero-order valence-corrected chi connectivity index (χ0v) is 66.8. The van der Waals surface area contributed by atoms with E-state index in [1.165, 1.54) is 225 Å². The molecule has 2 unspecified atom stereocenters. The second-order valence-corrected chi connectivity index (χ2v) is 33.1. The SMILES string of the molecule is CCCCCCCCCCCCCCC(=O)OC[C@H](COP(=O)(O)OC[C@H](O)COP(=O)(O)OC[C@@H](COC(=O)CCCCCCCCCCCCCCCC(C)C)OC(=O)CCCCCCCCCCCCCCCCCCC(C)C)OC(=O)CCCCCCCCCCCC(C)C. The van der Waals surface area contributed by atoms with Crippen molar-refractivity contribution in [3.05, 3.63) is 0 Å². The van der Waals surface area contributed by atoms with Crippen molar-refractivity contribution >= 4 is 39.5 Å². The van der Waals surface area contributed by atoms with Crippen LogP contribution in [0.5, 0.6) is 0 Å². The van der Waals surface area contributed by atoms with Gasteiger partial charge in [-0.05, 0) is 43.4 Å². The summed E-state index contributed by atoms with van der Waals surface area (Å²) in [6.45, 7) is 12.0. The van der Waals surface area contributed by atoms with Gasteiger partial charge in [0.05, 0.1) is 26.4 Å². The Morgan fingerprint density at radius 1 is 0.273 bits per heavy atom. The van der Waals surface area contributed by atoms with Crippen LogP contribution in [0.2, 0.25) is 0 Å². The fourth-order valence-corrected chi connectivity index (χ4v) is 13.9. The van der Waals surface area contributed by atoms with Crippen LogP contribution in [-0.4, -0.2) is 96.7 Å². The smallest absolute Gasteiger partial charge is 0.462 e. The zero-order chi connectivity index (χ0) is 73.0. The number of ether oxygens (including phenoxy) is 4. The molecule has 0 radical (unpaired) electrons. The minimum absolute atomic E-state index is 0.106. The van der Waals surface area contributed by atoms with Gasteiger partial charge in [-0.15, -0.1) is 0 Å². The molecule has 3 N–H and O–H groups in total. The lowest BCUT2D eigenvalue weighted by molar-refractivity contribution is -0.161. The highest BCUT2D eigenvalue weighted by Gasteiger charge is 2.30. The van der Waals surface area contributed by atoms with Gasteiger partial charge in [0.25, 0.3) is 0 Å². The van der Waals surface area contributed by atoms with Crippen molar-refractivity contribution in [1.29, 1.82) is 0 Å². The largest absolute Gasteiger partial charge is 0.472 e. The number of aliphatic hydroxyl groups excluding tert-OH is 1. The summed E-state index contributed by atoms with van der Waals surface area (Å²) >= 11 is 0. The van der Waals surface area contributed by atoms with Crippen LogP contribution in [0.1, 0.15) is 414 Å². The Morgan fingerprint density at radius 3 is 0.687 bits per heavy atom. The van der Waals surface area contributed by atoms with Crippen molar-refractivity contribution in [2.24, 2.45) is 17.8 Å². The summed E-state index contributed by atoms with van der Waals surface area (Å²) in [6, 6.07) is 0. The van der Waals surface area contributed by atoms with Crippen molar-refractivity contribution in [3.63, 3.8) is 0 Å². The lowest BCUT2D eigenvalue weighted by Crippen LogP contribution is -2.30. The molecular weight excluding hydrogens is 1290 g/mol. The van der Waals surface area contributed by atoms with E-state index in [9.17, 15) is 43.2 Å². The first-order valence-corrected chi connectivity index (χ1v) is 44.3. The van der Waals surface area contributed by atoms with Gasteiger partial charge < -0.3 is 33.8 Å². The van der Waals surface area contributed by atoms with Crippen molar-refractivity contribution in [3.8, 4) is 0 Å². The second-order valence-electron chi connectivity index (χ2n) is 30.2. The standard InChI is InChI=1S/C80H156O17P2/c1-8-9-10-11-12-13-14-26-33-40-47-54-61-77(82)90-68-76(97-80(85)64-57-50-43-36-29-32-39-46-53-60-73(6)7)70-95-99(88,89)93-66-74(81)65-92-98(86,87)94-69-75(67-91-78(83)62-55-48-41-34-27-23-19-21-25-31-38-45-52-59-72(4)5)96-79(84)63-56-49-42-35-28-22-18-16-15-17-20-24-30-37-44-51-58-71(2)3/h71-76,81H,8-70H2,1-7H3,(H,86,87)(H,88,89)/t74-,75-,76-/m1/s1. The molecule has 0 fully saturated rings. The number of unbranched alkanes of at least 4 members (excludes halogenated alkanes) is 46. The van der Waals surface area contributed by atoms with E-state index in [1.807, 2.05) is 0 Å². The molecular formula is C80H156O17P2. The first-order chi connectivity index (χ1) is 47.7. The summed E-state index contributed by atoms with van der Waals surface area (Å²) in [6.07, 6.45) is 58.2. The predicted molar refractivity (Wildman–Crippen MR) is 405 cm³/mol. The third kappa shape index (κ3) is 74.1. The van der Waals surface area contributed by atoms with Gasteiger partial charge in [-0.1, -0.05) is 363 Å². The Hall–Kier alpha value is -1.94. The second kappa shape index (κ2) is 70.4. The van der Waals surface area contributed by atoms with Crippen molar-refractivity contribution < 1.29 is 80.2 Å². The fraction of sp³-hybridized carbons (Fsp3) is 0.950. The molecule has 0 saturated carbocycles. The van der Waals surface area contributed by atoms with E-state index < -0.39 is 97.5 Å². The third-order valence-electron chi connectivity index (χ3n) is 18.6. The molecule has 0 aromatic heterocycles. The Balaban J connectivity index is 5.25. The number of phosphoric acid groups is 2. The zero-order valence-electron chi connectivity index (χ0n) is 65.0. The van der Waals surface area contributed by atoms with Gasteiger partial charge in [-0.2, -0.15) is 0 Å². The molecule has 0 aliphatic carbocycles. The van der Waals surface area contributed by atoms with Crippen LogP contribution in [0.3, 0.4) is 0 Å². The number of carbonyl (C=O) groups excluding carboxylic acids is 4. The first kappa shape index (κ1) is 97.1. The summed E-state index contributed by atoms with van der Waals surface area (Å²) in [7, 11) is -9.92. The molecule has 0 rings (SSSR count). The number of rotatable bonds is 78. The highest BCUT2D eigenvalue weighted by Crippen LogP contribution is 2.45. The van der Waals surface area contributed by atoms with Crippen LogP contribution >= 0.6 is 15.6 Å². The molecule has 5 atom stereocenters. The molecule has 99 heavy (non-hydrogen) atoms. The van der Waals surface area contributed by atoms with Crippen LogP contribution in [0.15, 0.2) is 0 Å². The molecule has 0 aliphatic rings. The number of esters is 4. The van der Waals surface area contributed by atoms with E-state index in [0.29, 0.717) is 25.7 Å². The monoisotopic (exact) mass is 1450 g/mol. The number of hydrogen-bond donors (Lipinski definition) is 3. The normalized spacial score (nSPS) is 14.0. The Labute approximate surface area is 607 Å². The third-order valence-corrected chi connectivity index (χ3v) is 20.5. The molecule has 0 amide bonds. The molecule has 0 bridgehead atoms. The highest BCUT2D eigenvalue weighted by atomic mass is 31.2. The molecule has 17 nitrogen and oxygen atoms in total. The van der Waals surface area contributed by atoms with E-state index in [0.717, 1.165) is 108 Å². The molecule has 0 aliphatic heterocycles. The molecule has 0 aromatic rings. The molecule has 0 spiro atoms. The van der Waals surface area contributed by atoms with Gasteiger partial charge in [0.15, 0.2) is 12.2 Å². The topological polar surface area (TPSA) is 237 Å². The van der Waals surface area contributed by atoms with Gasteiger partial charge in [-0.3, -0.25) is 37.3 Å². The van der Waals surface area contributed by atoms with Gasteiger partial charge >= 0.3 is 39.5 Å². The van der Waals surface area contributed by atoms with Gasteiger partial charge in [0.2, 0.25) is 0 Å². The summed E-state index contributed by atoms with van der Waals surface area (Å²) in [5.74, 6) is 0.225.